The molecule has 0 radical (unpaired) electrons. The number of amides is 1. The Morgan fingerprint density at radius 3 is 2.55 bits per heavy atom. The number of nitrogens with two attached hydrogens (primary N) is 1. The summed E-state index contributed by atoms with van der Waals surface area (Å²) in [5.74, 6) is -0.342. The number of rotatable bonds is 4. The summed E-state index contributed by atoms with van der Waals surface area (Å²) < 4.78 is 0. The van der Waals surface area contributed by atoms with Crippen LogP contribution in [-0.2, 0) is 6.42 Å². The van der Waals surface area contributed by atoms with E-state index in [9.17, 15) is 9.90 Å². The normalized spacial score (nSPS) is 10.3. The van der Waals surface area contributed by atoms with Crippen LogP contribution in [0.1, 0.15) is 21.5 Å². The fourth-order valence-electron chi connectivity index (χ4n) is 1.95. The van der Waals surface area contributed by atoms with Gasteiger partial charge in [0.1, 0.15) is 5.75 Å². The van der Waals surface area contributed by atoms with Gasteiger partial charge in [0.2, 0.25) is 0 Å². The number of aryl methyl sites for hydroxylation is 1. The van der Waals surface area contributed by atoms with Gasteiger partial charge < -0.3 is 16.2 Å². The molecule has 4 N–H and O–H groups in total. The van der Waals surface area contributed by atoms with Crippen molar-refractivity contribution in [1.82, 2.24) is 0 Å². The second-order valence-electron chi connectivity index (χ2n) is 4.71. The van der Waals surface area contributed by atoms with E-state index in [2.05, 4.69) is 5.32 Å². The first-order valence-electron chi connectivity index (χ1n) is 6.50. The molecule has 0 atom stereocenters. The van der Waals surface area contributed by atoms with Crippen molar-refractivity contribution >= 4 is 11.6 Å². The van der Waals surface area contributed by atoms with Crippen LogP contribution < -0.4 is 11.1 Å². The van der Waals surface area contributed by atoms with Crippen LogP contribution in [0.4, 0.5) is 5.69 Å². The van der Waals surface area contributed by atoms with Crippen LogP contribution in [0.3, 0.4) is 0 Å². The lowest BCUT2D eigenvalue weighted by molar-refractivity contribution is 0.102. The second-order valence-corrected chi connectivity index (χ2v) is 4.71. The Bertz CT molecular complexity index is 606. The summed E-state index contributed by atoms with van der Waals surface area (Å²) in [6, 6.07) is 12.5. The van der Waals surface area contributed by atoms with Gasteiger partial charge in [0.25, 0.3) is 5.91 Å². The van der Waals surface area contributed by atoms with Gasteiger partial charge >= 0.3 is 0 Å². The molecule has 0 aliphatic heterocycles. The van der Waals surface area contributed by atoms with E-state index in [0.717, 1.165) is 17.5 Å². The first-order chi connectivity index (χ1) is 9.60. The Hall–Kier alpha value is -2.33. The van der Waals surface area contributed by atoms with Gasteiger partial charge in [0, 0.05) is 5.69 Å². The van der Waals surface area contributed by atoms with Gasteiger partial charge in [-0.3, -0.25) is 4.79 Å². The fraction of sp³-hybridized carbons (Fsp3) is 0.188. The van der Waals surface area contributed by atoms with Gasteiger partial charge in [0.15, 0.2) is 0 Å². The maximum atomic E-state index is 12.1. The van der Waals surface area contributed by atoms with Crippen LogP contribution in [0.2, 0.25) is 0 Å². The van der Waals surface area contributed by atoms with E-state index in [4.69, 9.17) is 5.73 Å². The summed E-state index contributed by atoms with van der Waals surface area (Å²) in [6.07, 6.45) is 0.812. The van der Waals surface area contributed by atoms with Crippen molar-refractivity contribution in [3.8, 4) is 5.75 Å². The summed E-state index contributed by atoms with van der Waals surface area (Å²) in [6.45, 7) is 2.47. The minimum absolute atomic E-state index is 0.0205. The van der Waals surface area contributed by atoms with Crippen LogP contribution >= 0.6 is 0 Å². The molecule has 0 aliphatic rings. The van der Waals surface area contributed by atoms with Crippen molar-refractivity contribution in [2.75, 3.05) is 11.9 Å². The molecule has 0 saturated heterocycles. The zero-order valence-electron chi connectivity index (χ0n) is 11.4. The molecule has 0 aliphatic carbocycles. The number of phenolic OH excluding ortho intramolecular Hbond substituents is 1. The number of phenols is 1. The van der Waals surface area contributed by atoms with Crippen LogP contribution in [-0.4, -0.2) is 17.6 Å². The van der Waals surface area contributed by atoms with Crippen molar-refractivity contribution in [2.45, 2.75) is 13.3 Å². The molecule has 0 bridgehead atoms. The number of nitrogens with one attached hydrogen (secondary N) is 1. The Morgan fingerprint density at radius 1 is 1.20 bits per heavy atom. The molecule has 20 heavy (non-hydrogen) atoms. The molecule has 0 spiro atoms. The molecule has 104 valence electrons. The maximum Gasteiger partial charge on any atom is 0.259 e. The molecule has 4 nitrogen and oxygen atoms in total. The van der Waals surface area contributed by atoms with E-state index in [0.29, 0.717) is 12.2 Å². The first-order valence-corrected chi connectivity index (χ1v) is 6.50. The smallest absolute Gasteiger partial charge is 0.259 e. The van der Waals surface area contributed by atoms with E-state index in [1.807, 2.05) is 31.2 Å². The molecule has 0 unspecified atom stereocenters. The fourth-order valence-corrected chi connectivity index (χ4v) is 1.95. The van der Waals surface area contributed by atoms with E-state index >= 15 is 0 Å². The Balaban J connectivity index is 2.13. The van der Waals surface area contributed by atoms with E-state index in [1.165, 1.54) is 6.07 Å². The average molecular weight is 270 g/mol. The van der Waals surface area contributed by atoms with Gasteiger partial charge in [-0.2, -0.15) is 0 Å². The molecule has 0 fully saturated rings. The highest BCUT2D eigenvalue weighted by molar-refractivity contribution is 6.06. The number of anilines is 1. The second kappa shape index (κ2) is 6.21. The number of carbonyl (C=O) groups is 1. The van der Waals surface area contributed by atoms with Crippen molar-refractivity contribution in [3.63, 3.8) is 0 Å². The largest absolute Gasteiger partial charge is 0.507 e. The predicted molar refractivity (Wildman–Crippen MR) is 80.0 cm³/mol. The third-order valence-electron chi connectivity index (χ3n) is 3.04. The molecule has 1 amide bonds. The van der Waals surface area contributed by atoms with Gasteiger partial charge in [-0.25, -0.2) is 0 Å². The lowest BCUT2D eigenvalue weighted by atomic mass is 10.1. The summed E-state index contributed by atoms with van der Waals surface area (Å²) >= 11 is 0. The minimum atomic E-state index is -0.322. The van der Waals surface area contributed by atoms with Crippen LogP contribution in [0.5, 0.6) is 5.75 Å². The van der Waals surface area contributed by atoms with Gasteiger partial charge in [-0.1, -0.05) is 23.8 Å². The summed E-state index contributed by atoms with van der Waals surface area (Å²) in [4.78, 5) is 12.1. The Kier molecular flexibility index (Phi) is 4.38. The zero-order valence-corrected chi connectivity index (χ0v) is 11.4. The summed E-state index contributed by atoms with van der Waals surface area (Å²) in [5, 5.41) is 12.5. The third kappa shape index (κ3) is 3.36. The molecule has 4 heteroatoms. The summed E-state index contributed by atoms with van der Waals surface area (Å²) in [5.41, 5.74) is 8.51. The lowest BCUT2D eigenvalue weighted by Gasteiger charge is -2.08. The molecule has 2 aromatic rings. The van der Waals surface area contributed by atoms with Crippen molar-refractivity contribution in [1.29, 1.82) is 0 Å². The van der Waals surface area contributed by atoms with Gasteiger partial charge in [0.05, 0.1) is 5.56 Å². The average Bonchev–Trinajstić information content (AvgIpc) is 2.44. The number of hydrogen-bond donors (Lipinski definition) is 3. The minimum Gasteiger partial charge on any atom is -0.507 e. The van der Waals surface area contributed by atoms with Crippen molar-refractivity contribution in [3.05, 3.63) is 59.2 Å². The summed E-state index contributed by atoms with van der Waals surface area (Å²) in [7, 11) is 0. The van der Waals surface area contributed by atoms with Crippen molar-refractivity contribution in [2.24, 2.45) is 5.73 Å². The van der Waals surface area contributed by atoms with Crippen LogP contribution in [0.25, 0.3) is 0 Å². The quantitative estimate of drug-likeness (QED) is 0.798. The topological polar surface area (TPSA) is 75.3 Å². The van der Waals surface area contributed by atoms with E-state index in [-0.39, 0.29) is 17.2 Å². The maximum absolute atomic E-state index is 12.1. The number of carbonyl (C=O) groups excluding carboxylic acids is 1. The SMILES string of the molecule is Cc1ccc(O)c(C(=O)Nc2ccc(CCN)cc2)c1. The highest BCUT2D eigenvalue weighted by Crippen LogP contribution is 2.20. The Labute approximate surface area is 118 Å². The van der Waals surface area contributed by atoms with Crippen LogP contribution in [0.15, 0.2) is 42.5 Å². The molecule has 0 heterocycles. The van der Waals surface area contributed by atoms with Gasteiger partial charge in [-0.05, 0) is 49.7 Å². The van der Waals surface area contributed by atoms with Crippen LogP contribution in [0, 0.1) is 6.92 Å². The molecule has 0 aromatic heterocycles. The van der Waals surface area contributed by atoms with E-state index in [1.54, 1.807) is 12.1 Å². The third-order valence-corrected chi connectivity index (χ3v) is 3.04. The number of aromatic hydroxyl groups is 1. The molecular weight excluding hydrogens is 252 g/mol. The molecule has 2 aromatic carbocycles. The molecule has 0 saturated carbocycles. The standard InChI is InChI=1S/C16H18N2O2/c1-11-2-7-15(19)14(10-11)16(20)18-13-5-3-12(4-6-13)8-9-17/h2-7,10,19H,8-9,17H2,1H3,(H,18,20). The zero-order chi connectivity index (χ0) is 14.5. The highest BCUT2D eigenvalue weighted by atomic mass is 16.3. The van der Waals surface area contributed by atoms with E-state index < -0.39 is 0 Å². The number of benzene rings is 2. The van der Waals surface area contributed by atoms with Gasteiger partial charge in [-0.15, -0.1) is 0 Å². The monoisotopic (exact) mass is 270 g/mol. The van der Waals surface area contributed by atoms with Crippen molar-refractivity contribution < 1.29 is 9.90 Å². The number of hydrogen-bond acceptors (Lipinski definition) is 3. The first kappa shape index (κ1) is 14.1. The molecular formula is C16H18N2O2. The Morgan fingerprint density at radius 2 is 1.90 bits per heavy atom. The highest BCUT2D eigenvalue weighted by Gasteiger charge is 2.11. The lowest BCUT2D eigenvalue weighted by Crippen LogP contribution is -2.12. The molecule has 2 rings (SSSR count). The predicted octanol–water partition coefficient (Wildman–Crippen LogP) is 2.45.